The largest absolute Gasteiger partial charge is 0.496 e. The molecule has 0 bridgehead atoms. The van der Waals surface area contributed by atoms with Gasteiger partial charge in [-0.1, -0.05) is 72.8 Å². The second-order valence-corrected chi connectivity index (χ2v) is 10.5. The Kier molecular flexibility index (Phi) is 7.21. The highest BCUT2D eigenvalue weighted by molar-refractivity contribution is 6.11. The van der Waals surface area contributed by atoms with E-state index in [0.717, 1.165) is 21.2 Å². The van der Waals surface area contributed by atoms with Gasteiger partial charge in [-0.05, 0) is 34.5 Å². The van der Waals surface area contributed by atoms with Gasteiger partial charge < -0.3 is 14.7 Å². The maximum atomic E-state index is 14.1. The molecule has 4 aromatic carbocycles. The van der Waals surface area contributed by atoms with Crippen molar-refractivity contribution in [3.05, 3.63) is 130 Å². The zero-order valence-corrected chi connectivity index (χ0v) is 23.1. The number of aliphatic hydroxyl groups is 1. The molecule has 0 saturated carbocycles. The Morgan fingerprint density at radius 2 is 1.63 bits per heavy atom. The van der Waals surface area contributed by atoms with Crippen LogP contribution in [0.3, 0.4) is 0 Å². The molecule has 216 valence electrons. The van der Waals surface area contributed by atoms with Crippen molar-refractivity contribution in [2.45, 2.75) is 24.7 Å². The van der Waals surface area contributed by atoms with E-state index < -0.39 is 46.8 Å². The van der Waals surface area contributed by atoms with Crippen molar-refractivity contribution in [3.63, 3.8) is 0 Å². The van der Waals surface area contributed by atoms with Gasteiger partial charge in [0.05, 0.1) is 30.5 Å². The quantitative estimate of drug-likeness (QED) is 0.149. The number of carbonyl (C=O) groups is 3. The smallest absolute Gasteiger partial charge is 0.269 e. The zero-order chi connectivity index (χ0) is 30.2. The number of hydrogen-bond acceptors (Lipinski definition) is 7. The lowest BCUT2D eigenvalue weighted by atomic mass is 9.88. The van der Waals surface area contributed by atoms with Crippen LogP contribution in [0.25, 0.3) is 10.8 Å². The van der Waals surface area contributed by atoms with Crippen molar-refractivity contribution in [2.75, 3.05) is 7.11 Å². The number of carbonyl (C=O) groups excluding carboxylic acids is 3. The first-order valence-corrected chi connectivity index (χ1v) is 13.7. The third-order valence-corrected chi connectivity index (χ3v) is 8.10. The van der Waals surface area contributed by atoms with E-state index in [0.29, 0.717) is 11.3 Å². The van der Waals surface area contributed by atoms with Crippen molar-refractivity contribution in [3.8, 4) is 5.75 Å². The lowest BCUT2D eigenvalue weighted by Gasteiger charge is -2.40. The minimum atomic E-state index is -1.31. The lowest BCUT2D eigenvalue weighted by molar-refractivity contribution is -0.384. The SMILES string of the molecule is COc1ccccc1[C@@H](O)[C@H]1C=C[C@H]2C(=O)N(Cc3cccc4ccccc34)C(=O)[C@H]2N1C(=O)c1ccc([N+](=O)[O-])cc1. The van der Waals surface area contributed by atoms with Crippen molar-refractivity contribution in [1.29, 1.82) is 0 Å². The molecule has 0 aromatic heterocycles. The van der Waals surface area contributed by atoms with E-state index in [2.05, 4.69) is 0 Å². The summed E-state index contributed by atoms with van der Waals surface area (Å²) in [6.45, 7) is 0.0130. The maximum absolute atomic E-state index is 14.1. The van der Waals surface area contributed by atoms with E-state index in [-0.39, 0.29) is 17.8 Å². The highest BCUT2D eigenvalue weighted by Gasteiger charge is 2.55. The molecule has 2 heterocycles. The summed E-state index contributed by atoms with van der Waals surface area (Å²) in [6, 6.07) is 22.8. The molecule has 3 amide bonds. The highest BCUT2D eigenvalue weighted by Crippen LogP contribution is 2.39. The van der Waals surface area contributed by atoms with Gasteiger partial charge in [0.2, 0.25) is 5.91 Å². The summed E-state index contributed by atoms with van der Waals surface area (Å²) in [5.74, 6) is -2.25. The number of non-ortho nitro benzene ring substituents is 1. The second kappa shape index (κ2) is 11.1. The number of likely N-dealkylation sites (tertiary alicyclic amines) is 1. The van der Waals surface area contributed by atoms with E-state index in [9.17, 15) is 29.6 Å². The first kappa shape index (κ1) is 27.8. The highest BCUT2D eigenvalue weighted by atomic mass is 16.6. The summed E-state index contributed by atoms with van der Waals surface area (Å²) in [4.78, 5) is 54.9. The van der Waals surface area contributed by atoms with Gasteiger partial charge in [0.25, 0.3) is 17.5 Å². The number of methoxy groups -OCH3 is 1. The monoisotopic (exact) mass is 577 g/mol. The normalized spacial score (nSPS) is 20.3. The maximum Gasteiger partial charge on any atom is 0.269 e. The molecule has 2 aliphatic heterocycles. The zero-order valence-electron chi connectivity index (χ0n) is 23.1. The number of amides is 3. The van der Waals surface area contributed by atoms with Crippen LogP contribution < -0.4 is 4.74 Å². The van der Waals surface area contributed by atoms with Gasteiger partial charge in [0.15, 0.2) is 0 Å². The van der Waals surface area contributed by atoms with Gasteiger partial charge in [-0.3, -0.25) is 29.4 Å². The summed E-state index contributed by atoms with van der Waals surface area (Å²) in [6.07, 6.45) is 1.83. The van der Waals surface area contributed by atoms with E-state index in [1.54, 1.807) is 36.4 Å². The van der Waals surface area contributed by atoms with E-state index >= 15 is 0 Å². The molecule has 10 heteroatoms. The Bertz CT molecular complexity index is 1780. The van der Waals surface area contributed by atoms with E-state index in [4.69, 9.17) is 4.74 Å². The average Bonchev–Trinajstić information content (AvgIpc) is 3.28. The number of benzene rings is 4. The van der Waals surface area contributed by atoms with Crippen LogP contribution in [0, 0.1) is 16.0 Å². The minimum Gasteiger partial charge on any atom is -0.496 e. The van der Waals surface area contributed by atoms with Gasteiger partial charge in [-0.2, -0.15) is 0 Å². The molecule has 0 radical (unpaired) electrons. The summed E-state index contributed by atoms with van der Waals surface area (Å²) < 4.78 is 5.44. The Hall–Kier alpha value is -5.35. The van der Waals surface area contributed by atoms with Crippen molar-refractivity contribution >= 4 is 34.2 Å². The fraction of sp³-hybridized carbons (Fsp3) is 0.182. The van der Waals surface area contributed by atoms with Crippen LogP contribution in [0.4, 0.5) is 5.69 Å². The summed E-state index contributed by atoms with van der Waals surface area (Å²) in [7, 11) is 1.46. The third kappa shape index (κ3) is 4.81. The molecule has 10 nitrogen and oxygen atoms in total. The number of nitrogens with zero attached hydrogens (tertiary/aromatic N) is 3. The number of nitro benzene ring substituents is 1. The van der Waals surface area contributed by atoms with E-state index in [1.165, 1.54) is 36.3 Å². The molecule has 0 aliphatic carbocycles. The van der Waals surface area contributed by atoms with Gasteiger partial charge in [-0.15, -0.1) is 0 Å². The number of nitro groups is 1. The van der Waals surface area contributed by atoms with Crippen LogP contribution in [0.5, 0.6) is 5.75 Å². The summed E-state index contributed by atoms with van der Waals surface area (Å²) in [5, 5.41) is 24.7. The average molecular weight is 578 g/mol. The number of rotatable bonds is 7. The number of imide groups is 1. The Morgan fingerprint density at radius 1 is 0.930 bits per heavy atom. The van der Waals surface area contributed by atoms with Crippen LogP contribution in [-0.4, -0.2) is 56.7 Å². The number of fused-ring (bicyclic) bond motifs is 2. The standard InChI is InChI=1S/C33H27N3O7/c1-43-28-12-5-4-11-25(28)30(37)27-18-17-26-29(35(27)31(38)21-13-15-23(16-14-21)36(41)42)33(40)34(32(26)39)19-22-9-6-8-20-7-2-3-10-24(20)22/h2-18,26-27,29-30,37H,19H2,1H3/t26-,27-,29+,30-/m1/s1. The molecule has 6 rings (SSSR count). The minimum absolute atomic E-state index is 0.0130. The molecule has 2 aliphatic rings. The second-order valence-electron chi connectivity index (χ2n) is 10.5. The molecule has 1 saturated heterocycles. The van der Waals surface area contributed by atoms with Crippen LogP contribution in [0.15, 0.2) is 103 Å². The third-order valence-electron chi connectivity index (χ3n) is 8.10. The van der Waals surface area contributed by atoms with E-state index in [1.807, 2.05) is 42.5 Å². The molecular formula is C33H27N3O7. The fourth-order valence-corrected chi connectivity index (χ4v) is 5.97. The fourth-order valence-electron chi connectivity index (χ4n) is 5.97. The van der Waals surface area contributed by atoms with Gasteiger partial charge in [-0.25, -0.2) is 0 Å². The Balaban J connectivity index is 1.41. The van der Waals surface area contributed by atoms with Crippen molar-refractivity contribution in [2.24, 2.45) is 5.92 Å². The number of hydrogen-bond donors (Lipinski definition) is 1. The van der Waals surface area contributed by atoms with Crippen LogP contribution in [-0.2, 0) is 16.1 Å². The molecule has 1 N–H and O–H groups in total. The van der Waals surface area contributed by atoms with Crippen molar-refractivity contribution in [1.82, 2.24) is 9.80 Å². The predicted octanol–water partition coefficient (Wildman–Crippen LogP) is 4.42. The topological polar surface area (TPSA) is 130 Å². The Labute approximate surface area is 246 Å². The van der Waals surface area contributed by atoms with Crippen LogP contribution in [0.2, 0.25) is 0 Å². The molecule has 0 unspecified atom stereocenters. The van der Waals surface area contributed by atoms with Gasteiger partial charge in [0, 0.05) is 23.3 Å². The number of ether oxygens (including phenoxy) is 1. The lowest BCUT2D eigenvalue weighted by Crippen LogP contribution is -2.55. The molecule has 1 fully saturated rings. The molecular weight excluding hydrogens is 550 g/mol. The molecule has 4 aromatic rings. The van der Waals surface area contributed by atoms with Gasteiger partial charge in [0.1, 0.15) is 17.9 Å². The number of para-hydroxylation sites is 1. The summed E-state index contributed by atoms with van der Waals surface area (Å²) >= 11 is 0. The van der Waals surface area contributed by atoms with Crippen LogP contribution >= 0.6 is 0 Å². The Morgan fingerprint density at radius 3 is 2.37 bits per heavy atom. The first-order valence-electron chi connectivity index (χ1n) is 13.7. The predicted molar refractivity (Wildman–Crippen MR) is 157 cm³/mol. The van der Waals surface area contributed by atoms with Gasteiger partial charge >= 0.3 is 0 Å². The first-order chi connectivity index (χ1) is 20.8. The number of aliphatic hydroxyl groups excluding tert-OH is 1. The van der Waals surface area contributed by atoms with Crippen LogP contribution in [0.1, 0.15) is 27.6 Å². The molecule has 0 spiro atoms. The molecule has 43 heavy (non-hydrogen) atoms. The molecule has 4 atom stereocenters. The van der Waals surface area contributed by atoms with Crippen molar-refractivity contribution < 1.29 is 29.2 Å². The summed E-state index contributed by atoms with van der Waals surface area (Å²) in [5.41, 5.74) is 1.04.